The SMILES string of the molecule is C.NC(=O)c1cnc(N)c2cc(C3=CCCC3)sc12. The van der Waals surface area contributed by atoms with Gasteiger partial charge in [0.2, 0.25) is 0 Å². The van der Waals surface area contributed by atoms with E-state index in [0.717, 1.165) is 22.9 Å². The van der Waals surface area contributed by atoms with Crippen molar-refractivity contribution in [2.45, 2.75) is 26.7 Å². The molecular formula is C14H17N3OS. The van der Waals surface area contributed by atoms with Crippen LogP contribution in [0, 0.1) is 0 Å². The van der Waals surface area contributed by atoms with E-state index in [1.165, 1.54) is 23.1 Å². The smallest absolute Gasteiger partial charge is 0.251 e. The van der Waals surface area contributed by atoms with Crippen LogP contribution in [-0.2, 0) is 0 Å². The Morgan fingerprint density at radius 1 is 1.42 bits per heavy atom. The number of fused-ring (bicyclic) bond motifs is 1. The Morgan fingerprint density at radius 3 is 2.84 bits per heavy atom. The first-order valence-electron chi connectivity index (χ1n) is 5.84. The van der Waals surface area contributed by atoms with Gasteiger partial charge >= 0.3 is 0 Å². The van der Waals surface area contributed by atoms with Crippen molar-refractivity contribution in [3.05, 3.63) is 28.8 Å². The number of aromatic nitrogens is 1. The molecule has 0 aromatic carbocycles. The van der Waals surface area contributed by atoms with E-state index in [1.807, 2.05) is 6.07 Å². The lowest BCUT2D eigenvalue weighted by Crippen LogP contribution is -2.11. The van der Waals surface area contributed by atoms with Crippen LogP contribution in [0.15, 0.2) is 18.3 Å². The van der Waals surface area contributed by atoms with Gasteiger partial charge in [-0.25, -0.2) is 4.98 Å². The molecular weight excluding hydrogens is 258 g/mol. The van der Waals surface area contributed by atoms with Gasteiger partial charge in [-0.05, 0) is 30.9 Å². The van der Waals surface area contributed by atoms with Gasteiger partial charge in [0, 0.05) is 16.5 Å². The van der Waals surface area contributed by atoms with Crippen LogP contribution in [0.3, 0.4) is 0 Å². The average molecular weight is 275 g/mol. The third kappa shape index (κ3) is 2.21. The summed E-state index contributed by atoms with van der Waals surface area (Å²) in [6.45, 7) is 0. The Bertz CT molecular complexity index is 673. The number of primary amides is 1. The molecule has 0 saturated carbocycles. The number of carbonyl (C=O) groups excluding carboxylic acids is 1. The first-order valence-corrected chi connectivity index (χ1v) is 6.65. The summed E-state index contributed by atoms with van der Waals surface area (Å²) in [5.41, 5.74) is 13.0. The highest BCUT2D eigenvalue weighted by atomic mass is 32.1. The van der Waals surface area contributed by atoms with E-state index in [1.54, 1.807) is 11.3 Å². The molecule has 0 aliphatic heterocycles. The van der Waals surface area contributed by atoms with Gasteiger partial charge in [0.25, 0.3) is 5.91 Å². The molecule has 4 N–H and O–H groups in total. The van der Waals surface area contributed by atoms with Crippen molar-refractivity contribution in [1.82, 2.24) is 4.98 Å². The van der Waals surface area contributed by atoms with Gasteiger partial charge in [0.05, 0.1) is 10.3 Å². The summed E-state index contributed by atoms with van der Waals surface area (Å²) in [5.74, 6) is -0.00241. The quantitative estimate of drug-likeness (QED) is 0.883. The molecule has 1 amide bonds. The minimum Gasteiger partial charge on any atom is -0.383 e. The zero-order valence-corrected chi connectivity index (χ0v) is 10.6. The fourth-order valence-electron chi connectivity index (χ4n) is 2.27. The van der Waals surface area contributed by atoms with E-state index < -0.39 is 5.91 Å². The van der Waals surface area contributed by atoms with Crippen LogP contribution in [0.25, 0.3) is 15.7 Å². The largest absolute Gasteiger partial charge is 0.383 e. The van der Waals surface area contributed by atoms with Gasteiger partial charge < -0.3 is 11.5 Å². The van der Waals surface area contributed by atoms with E-state index in [2.05, 4.69) is 11.1 Å². The van der Waals surface area contributed by atoms with Crippen molar-refractivity contribution in [3.63, 3.8) is 0 Å². The minimum absolute atomic E-state index is 0. The number of hydrogen-bond donors (Lipinski definition) is 2. The molecule has 5 heteroatoms. The van der Waals surface area contributed by atoms with E-state index in [0.29, 0.717) is 11.4 Å². The lowest BCUT2D eigenvalue weighted by atomic mass is 10.1. The van der Waals surface area contributed by atoms with E-state index in [-0.39, 0.29) is 7.43 Å². The van der Waals surface area contributed by atoms with Crippen LogP contribution in [0.4, 0.5) is 5.82 Å². The van der Waals surface area contributed by atoms with E-state index in [9.17, 15) is 4.79 Å². The number of nitrogens with two attached hydrogens (primary N) is 2. The molecule has 100 valence electrons. The van der Waals surface area contributed by atoms with Gasteiger partial charge in [0.15, 0.2) is 0 Å². The topological polar surface area (TPSA) is 82.0 Å². The normalized spacial score (nSPS) is 14.2. The Hall–Kier alpha value is -1.88. The van der Waals surface area contributed by atoms with Gasteiger partial charge in [-0.2, -0.15) is 0 Å². The molecule has 2 aromatic rings. The Labute approximate surface area is 116 Å². The molecule has 2 heterocycles. The summed E-state index contributed by atoms with van der Waals surface area (Å²) >= 11 is 1.57. The molecule has 4 nitrogen and oxygen atoms in total. The maximum atomic E-state index is 11.4. The Kier molecular flexibility index (Phi) is 3.57. The Balaban J connectivity index is 0.00000133. The zero-order valence-electron chi connectivity index (χ0n) is 9.77. The molecule has 0 radical (unpaired) electrons. The van der Waals surface area contributed by atoms with Gasteiger partial charge in [-0.3, -0.25) is 4.79 Å². The highest BCUT2D eigenvalue weighted by Crippen LogP contribution is 2.38. The lowest BCUT2D eigenvalue weighted by Gasteiger charge is -1.99. The molecule has 0 fully saturated rings. The number of thiophene rings is 1. The number of allylic oxidation sites excluding steroid dienone is 2. The number of carbonyl (C=O) groups is 1. The summed E-state index contributed by atoms with van der Waals surface area (Å²) in [4.78, 5) is 16.6. The second-order valence-corrected chi connectivity index (χ2v) is 5.45. The van der Waals surface area contributed by atoms with Crippen LogP contribution < -0.4 is 11.5 Å². The van der Waals surface area contributed by atoms with Gasteiger partial charge in [0.1, 0.15) is 5.82 Å². The van der Waals surface area contributed by atoms with Crippen LogP contribution in [0.1, 0.15) is 41.9 Å². The monoisotopic (exact) mass is 275 g/mol. The highest BCUT2D eigenvalue weighted by molar-refractivity contribution is 7.20. The molecule has 2 aromatic heterocycles. The molecule has 3 rings (SSSR count). The maximum absolute atomic E-state index is 11.4. The molecule has 0 saturated heterocycles. The number of amides is 1. The van der Waals surface area contributed by atoms with Crippen LogP contribution >= 0.6 is 11.3 Å². The Morgan fingerprint density at radius 2 is 2.21 bits per heavy atom. The van der Waals surface area contributed by atoms with Gasteiger partial charge in [-0.1, -0.05) is 13.5 Å². The number of anilines is 1. The zero-order chi connectivity index (χ0) is 12.7. The molecule has 0 bridgehead atoms. The number of pyridine rings is 1. The number of rotatable bonds is 2. The first-order chi connectivity index (χ1) is 8.66. The summed E-state index contributed by atoms with van der Waals surface area (Å²) < 4.78 is 0.845. The summed E-state index contributed by atoms with van der Waals surface area (Å²) in [5, 5.41) is 0.833. The third-order valence-electron chi connectivity index (χ3n) is 3.21. The summed E-state index contributed by atoms with van der Waals surface area (Å²) in [6, 6.07) is 2.02. The summed E-state index contributed by atoms with van der Waals surface area (Å²) in [7, 11) is 0. The van der Waals surface area contributed by atoms with Gasteiger partial charge in [-0.15, -0.1) is 11.3 Å². The summed E-state index contributed by atoms with van der Waals surface area (Å²) in [6.07, 6.45) is 7.12. The molecule has 1 aliphatic carbocycles. The molecule has 0 spiro atoms. The van der Waals surface area contributed by atoms with Crippen LogP contribution in [0.5, 0.6) is 0 Å². The predicted molar refractivity (Wildman–Crippen MR) is 81.1 cm³/mol. The van der Waals surface area contributed by atoms with Crippen molar-refractivity contribution >= 4 is 38.7 Å². The van der Waals surface area contributed by atoms with E-state index >= 15 is 0 Å². The lowest BCUT2D eigenvalue weighted by molar-refractivity contribution is 0.100. The fourth-order valence-corrected chi connectivity index (χ4v) is 3.52. The third-order valence-corrected chi connectivity index (χ3v) is 4.45. The number of hydrogen-bond acceptors (Lipinski definition) is 4. The predicted octanol–water partition coefficient (Wildman–Crippen LogP) is 3.18. The fraction of sp³-hybridized carbons (Fsp3) is 0.286. The van der Waals surface area contributed by atoms with Crippen molar-refractivity contribution in [3.8, 4) is 0 Å². The molecule has 19 heavy (non-hydrogen) atoms. The maximum Gasteiger partial charge on any atom is 0.251 e. The van der Waals surface area contributed by atoms with Crippen molar-refractivity contribution in [2.24, 2.45) is 5.73 Å². The standard InChI is InChI=1S/C13H13N3OS.CH4/c14-12-8-5-10(7-3-1-2-4-7)18-11(8)9(6-16-12)13(15)17;/h3,5-6H,1-2,4H2,(H2,14,16)(H2,15,17);1H4. The van der Waals surface area contributed by atoms with E-state index in [4.69, 9.17) is 11.5 Å². The number of nitrogens with zero attached hydrogens (tertiary/aromatic N) is 1. The van der Waals surface area contributed by atoms with Crippen LogP contribution in [-0.4, -0.2) is 10.9 Å². The van der Waals surface area contributed by atoms with Crippen molar-refractivity contribution < 1.29 is 4.79 Å². The second kappa shape index (κ2) is 5.01. The minimum atomic E-state index is -0.457. The number of nitrogen functional groups attached to an aromatic ring is 1. The van der Waals surface area contributed by atoms with Crippen molar-refractivity contribution in [2.75, 3.05) is 5.73 Å². The first kappa shape index (κ1) is 13.5. The van der Waals surface area contributed by atoms with Crippen LogP contribution in [0.2, 0.25) is 0 Å². The molecule has 0 atom stereocenters. The van der Waals surface area contributed by atoms with Crippen molar-refractivity contribution in [1.29, 1.82) is 0 Å². The molecule has 0 unspecified atom stereocenters. The molecule has 1 aliphatic rings. The highest BCUT2D eigenvalue weighted by Gasteiger charge is 2.16. The second-order valence-electron chi connectivity index (χ2n) is 4.40. The average Bonchev–Trinajstić information content (AvgIpc) is 2.97.